The van der Waals surface area contributed by atoms with Crippen molar-refractivity contribution in [3.63, 3.8) is 0 Å². The number of hydrogen-bond acceptors (Lipinski definition) is 0. The van der Waals surface area contributed by atoms with Crippen molar-refractivity contribution in [3.05, 3.63) is 76.8 Å². The van der Waals surface area contributed by atoms with Gasteiger partial charge >= 0.3 is 0 Å². The number of nitrogens with zero attached hydrogens (tertiary/aromatic N) is 3. The second kappa shape index (κ2) is 5.99. The molecule has 0 aliphatic carbocycles. The van der Waals surface area contributed by atoms with Gasteiger partial charge in [0.25, 0.3) is 0 Å². The maximum atomic E-state index is 7.96. The molecule has 0 saturated carbocycles. The van der Waals surface area contributed by atoms with Crippen LogP contribution in [-0.2, 0) is 12.5 Å². The Morgan fingerprint density at radius 1 is 0.938 bits per heavy atom. The average Bonchev–Trinajstić information content (AvgIpc) is 3.11. The molecule has 0 saturated heterocycles. The fourth-order valence-corrected chi connectivity index (χ4v) is 5.61. The van der Waals surface area contributed by atoms with Crippen LogP contribution in [0.2, 0.25) is 0 Å². The molecule has 6 rings (SSSR count). The van der Waals surface area contributed by atoms with Gasteiger partial charge in [-0.15, -0.1) is 0 Å². The molecule has 3 aromatic heterocycles. The van der Waals surface area contributed by atoms with Gasteiger partial charge in [0, 0.05) is 11.5 Å². The first-order chi connectivity index (χ1) is 15.2. The van der Waals surface area contributed by atoms with Crippen molar-refractivity contribution in [2.24, 2.45) is 7.05 Å². The zero-order chi connectivity index (χ0) is 22.5. The second-order valence-corrected chi connectivity index (χ2v) is 10.2. The summed E-state index contributed by atoms with van der Waals surface area (Å²) in [4.78, 5) is 3.98. The molecule has 0 N–H and O–H groups in total. The minimum absolute atomic E-state index is 0.0262. The smallest absolute Gasteiger partial charge is 0.224 e. The first-order valence-electron chi connectivity index (χ1n) is 11.2. The number of hydrogen-bond donors (Lipinski definition) is 0. The zero-order valence-electron chi connectivity index (χ0n) is 19.5. The van der Waals surface area contributed by atoms with Crippen LogP contribution in [0.1, 0.15) is 37.5 Å². The lowest BCUT2D eigenvalue weighted by Crippen LogP contribution is -2.29. The number of pyridine rings is 2. The van der Waals surface area contributed by atoms with Gasteiger partial charge in [-0.05, 0) is 58.9 Å². The summed E-state index contributed by atoms with van der Waals surface area (Å²) in [6.07, 6.45) is 2.14. The van der Waals surface area contributed by atoms with Crippen LogP contribution in [0.4, 0.5) is 5.69 Å². The Morgan fingerprint density at radius 3 is 2.41 bits per heavy atom. The first kappa shape index (κ1) is 19.1. The Balaban J connectivity index is 2.17. The fraction of sp³-hybridized carbons (Fsp3) is 0.241. The Bertz CT molecular complexity index is 1790. The molecule has 0 bridgehead atoms. The van der Waals surface area contributed by atoms with E-state index in [1.165, 1.54) is 49.5 Å². The largest absolute Gasteiger partial charge is 0.309 e. The predicted molar refractivity (Wildman–Crippen MR) is 134 cm³/mol. The van der Waals surface area contributed by atoms with Crippen molar-refractivity contribution in [1.82, 2.24) is 4.40 Å². The number of fused-ring (bicyclic) bond motifs is 6. The third-order valence-corrected chi connectivity index (χ3v) is 7.22. The van der Waals surface area contributed by atoms with Gasteiger partial charge in [0.1, 0.15) is 7.05 Å². The highest BCUT2D eigenvalue weighted by Gasteiger charge is 2.29. The third-order valence-electron chi connectivity index (χ3n) is 7.22. The summed E-state index contributed by atoms with van der Waals surface area (Å²) >= 11 is 0. The van der Waals surface area contributed by atoms with Gasteiger partial charge in [0.05, 0.1) is 33.9 Å². The fourth-order valence-electron chi connectivity index (χ4n) is 5.61. The zero-order valence-corrected chi connectivity index (χ0v) is 19.5. The summed E-state index contributed by atoms with van der Waals surface area (Å²) in [5, 5.41) is 5.91. The van der Waals surface area contributed by atoms with Crippen LogP contribution in [0.25, 0.3) is 53.8 Å². The minimum atomic E-state index is -0.0262. The van der Waals surface area contributed by atoms with Crippen LogP contribution >= 0.6 is 0 Å². The molecule has 3 heteroatoms. The van der Waals surface area contributed by atoms with Crippen LogP contribution in [0, 0.1) is 20.4 Å². The van der Waals surface area contributed by atoms with Crippen molar-refractivity contribution in [2.45, 2.75) is 40.0 Å². The molecular weight excluding hydrogens is 390 g/mol. The molecule has 0 unspecified atom stereocenters. The molecule has 0 radical (unpaired) electrons. The van der Waals surface area contributed by atoms with E-state index in [1.54, 1.807) is 0 Å². The van der Waals surface area contributed by atoms with Gasteiger partial charge in [0.15, 0.2) is 11.9 Å². The summed E-state index contributed by atoms with van der Waals surface area (Å²) in [6, 6.07) is 15.2. The average molecular weight is 417 g/mol. The van der Waals surface area contributed by atoms with E-state index in [0.29, 0.717) is 0 Å². The molecule has 0 spiro atoms. The van der Waals surface area contributed by atoms with Crippen molar-refractivity contribution in [2.75, 3.05) is 0 Å². The maximum absolute atomic E-state index is 7.96. The molecule has 6 aromatic rings. The highest BCUT2D eigenvalue weighted by Crippen LogP contribution is 2.47. The monoisotopic (exact) mass is 416 g/mol. The van der Waals surface area contributed by atoms with Crippen LogP contribution in [0.5, 0.6) is 0 Å². The lowest BCUT2D eigenvalue weighted by Gasteiger charge is -2.25. The molecule has 3 nitrogen and oxygen atoms in total. The highest BCUT2D eigenvalue weighted by atomic mass is 15.0. The Labute approximate surface area is 187 Å². The van der Waals surface area contributed by atoms with Crippen molar-refractivity contribution >= 4 is 54.7 Å². The molecule has 156 valence electrons. The van der Waals surface area contributed by atoms with Crippen LogP contribution < -0.4 is 4.57 Å². The van der Waals surface area contributed by atoms with Gasteiger partial charge in [-0.25, -0.2) is 9.41 Å². The van der Waals surface area contributed by atoms with Crippen molar-refractivity contribution < 1.29 is 4.57 Å². The van der Waals surface area contributed by atoms with Gasteiger partial charge in [-0.1, -0.05) is 45.0 Å². The number of rotatable bonds is 0. The highest BCUT2D eigenvalue weighted by molar-refractivity contribution is 6.30. The standard InChI is InChI=1S/C29H26N3/c1-16-14-20(29(3,4)5)26-23(17(16)2)27-24-18(12-13-31(27)7)15-21(30-6)25-19-10-8-9-11-22(19)32(26)28(24)25/h8-15H,1-5,7H3/q+1. The van der Waals surface area contributed by atoms with Crippen molar-refractivity contribution in [3.8, 4) is 0 Å². The van der Waals surface area contributed by atoms with Crippen LogP contribution in [-0.4, -0.2) is 4.40 Å². The van der Waals surface area contributed by atoms with E-state index < -0.39 is 0 Å². The number of aryl methyl sites for hydroxylation is 3. The minimum Gasteiger partial charge on any atom is -0.309 e. The van der Waals surface area contributed by atoms with Gasteiger partial charge < -0.3 is 4.40 Å². The molecule has 0 atom stereocenters. The number of para-hydroxylation sites is 1. The third kappa shape index (κ3) is 2.17. The SMILES string of the molecule is [C-]#[N+]c1cc2cc[n+](C)c3c4c(C)c(C)cc(C(C)(C)C)c4n4c5ccccc5c1c4c23. The van der Waals surface area contributed by atoms with E-state index in [0.717, 1.165) is 21.8 Å². The molecule has 3 aromatic carbocycles. The molecule has 0 aliphatic heterocycles. The van der Waals surface area contributed by atoms with E-state index in [9.17, 15) is 0 Å². The molecule has 0 amide bonds. The Morgan fingerprint density at radius 2 is 1.69 bits per heavy atom. The summed E-state index contributed by atoms with van der Waals surface area (Å²) < 4.78 is 4.72. The Kier molecular flexibility index (Phi) is 3.57. The molecule has 3 heterocycles. The first-order valence-corrected chi connectivity index (χ1v) is 11.2. The lowest BCUT2D eigenvalue weighted by atomic mass is 9.82. The van der Waals surface area contributed by atoms with Gasteiger partial charge in [-0.2, -0.15) is 0 Å². The van der Waals surface area contributed by atoms with Crippen molar-refractivity contribution in [1.29, 1.82) is 0 Å². The number of aromatic nitrogens is 2. The molecule has 32 heavy (non-hydrogen) atoms. The second-order valence-electron chi connectivity index (χ2n) is 10.2. The van der Waals surface area contributed by atoms with Gasteiger partial charge in [0.2, 0.25) is 5.52 Å². The summed E-state index contributed by atoms with van der Waals surface area (Å²) in [5.74, 6) is 0. The van der Waals surface area contributed by atoms with E-state index in [1.807, 2.05) is 0 Å². The van der Waals surface area contributed by atoms with Crippen LogP contribution in [0.3, 0.4) is 0 Å². The predicted octanol–water partition coefficient (Wildman–Crippen LogP) is 7.28. The maximum Gasteiger partial charge on any atom is 0.224 e. The quantitative estimate of drug-likeness (QED) is 0.107. The summed E-state index contributed by atoms with van der Waals surface area (Å²) in [5.41, 5.74) is 9.55. The number of benzene rings is 3. The normalized spacial score (nSPS) is 12.7. The van der Waals surface area contributed by atoms with E-state index in [-0.39, 0.29) is 5.41 Å². The topological polar surface area (TPSA) is 12.7 Å². The van der Waals surface area contributed by atoms with Crippen LogP contribution in [0.15, 0.2) is 48.7 Å². The molecule has 0 aliphatic rings. The van der Waals surface area contributed by atoms with Gasteiger partial charge in [-0.3, -0.25) is 0 Å². The van der Waals surface area contributed by atoms with E-state index in [4.69, 9.17) is 6.57 Å². The van der Waals surface area contributed by atoms with E-state index >= 15 is 0 Å². The summed E-state index contributed by atoms with van der Waals surface area (Å²) in [7, 11) is 2.14. The lowest BCUT2D eigenvalue weighted by molar-refractivity contribution is -0.643. The molecular formula is C29H26N3+. The van der Waals surface area contributed by atoms with E-state index in [2.05, 4.69) is 104 Å². The Hall–Kier alpha value is -3.64. The molecule has 0 fully saturated rings. The summed E-state index contributed by atoms with van der Waals surface area (Å²) in [6.45, 7) is 19.3.